The van der Waals surface area contributed by atoms with Crippen LogP contribution >= 0.6 is 0 Å². The van der Waals surface area contributed by atoms with Crippen LogP contribution in [0.3, 0.4) is 0 Å². The molecule has 0 saturated heterocycles. The lowest BCUT2D eigenvalue weighted by Gasteiger charge is -2.10. The van der Waals surface area contributed by atoms with Crippen molar-refractivity contribution in [3.63, 3.8) is 0 Å². The number of aliphatic hydroxyl groups excluding tert-OH is 1. The van der Waals surface area contributed by atoms with Crippen molar-refractivity contribution in [2.24, 2.45) is 0 Å². The fraction of sp³-hybridized carbons (Fsp3) is 0.500. The molecular weight excluding hydrogens is 198 g/mol. The molecule has 0 aliphatic heterocycles. The minimum Gasteiger partial charge on any atom is -0.396 e. The fourth-order valence-corrected chi connectivity index (χ4v) is 1.47. The van der Waals surface area contributed by atoms with E-state index in [1.54, 1.807) is 12.1 Å². The molecule has 0 aliphatic rings. The van der Waals surface area contributed by atoms with Gasteiger partial charge in [-0.2, -0.15) is 0 Å². The quantitative estimate of drug-likeness (QED) is 0.799. The third-order valence-corrected chi connectivity index (χ3v) is 2.16. The molecule has 1 rings (SSSR count). The lowest BCUT2D eigenvalue weighted by atomic mass is 10.0. The molecule has 0 amide bonds. The van der Waals surface area contributed by atoms with E-state index < -0.39 is 5.92 Å². The molecule has 0 aliphatic carbocycles. The van der Waals surface area contributed by atoms with Gasteiger partial charge in [-0.1, -0.05) is 24.3 Å². The summed E-state index contributed by atoms with van der Waals surface area (Å²) in [6, 6.07) is 7.14. The van der Waals surface area contributed by atoms with Crippen molar-refractivity contribution in [2.75, 3.05) is 6.61 Å². The largest absolute Gasteiger partial charge is 0.396 e. The predicted molar refractivity (Wildman–Crippen MR) is 56.2 cm³/mol. The van der Waals surface area contributed by atoms with E-state index in [4.69, 9.17) is 5.11 Å². The lowest BCUT2D eigenvalue weighted by Crippen LogP contribution is -2.13. The van der Waals surface area contributed by atoms with Gasteiger partial charge < -0.3 is 5.11 Å². The Bertz CT molecular complexity index is 287. The van der Waals surface area contributed by atoms with Crippen molar-refractivity contribution in [3.05, 3.63) is 35.4 Å². The predicted octanol–water partition coefficient (Wildman–Crippen LogP) is 2.81. The van der Waals surface area contributed by atoms with Crippen LogP contribution in [0.15, 0.2) is 24.3 Å². The van der Waals surface area contributed by atoms with Gasteiger partial charge in [0.15, 0.2) is 0 Å². The van der Waals surface area contributed by atoms with Crippen LogP contribution in [0, 0.1) is 0 Å². The van der Waals surface area contributed by atoms with E-state index in [-0.39, 0.29) is 13.0 Å². The van der Waals surface area contributed by atoms with Crippen LogP contribution in [0.25, 0.3) is 0 Å². The summed E-state index contributed by atoms with van der Waals surface area (Å²) >= 11 is 0. The molecule has 3 heteroatoms. The highest BCUT2D eigenvalue weighted by Crippen LogP contribution is 2.19. The number of hydrogen-bond acceptors (Lipinski definition) is 1. The van der Waals surface area contributed by atoms with Crippen LogP contribution < -0.4 is 0 Å². The van der Waals surface area contributed by atoms with Crippen LogP contribution in [0.2, 0.25) is 0 Å². The molecule has 0 bridgehead atoms. The minimum absolute atomic E-state index is 0.161. The van der Waals surface area contributed by atoms with Crippen LogP contribution in [-0.2, 0) is 12.8 Å². The van der Waals surface area contributed by atoms with Crippen LogP contribution in [0.4, 0.5) is 8.78 Å². The maximum atomic E-state index is 12.7. The van der Waals surface area contributed by atoms with E-state index >= 15 is 0 Å². The molecule has 0 atom stereocenters. The van der Waals surface area contributed by atoms with Crippen molar-refractivity contribution in [2.45, 2.75) is 32.1 Å². The molecule has 0 heterocycles. The van der Waals surface area contributed by atoms with Crippen LogP contribution in [0.5, 0.6) is 0 Å². The Morgan fingerprint density at radius 3 is 2.13 bits per heavy atom. The van der Waals surface area contributed by atoms with Gasteiger partial charge in [0.05, 0.1) is 0 Å². The second-order valence-electron chi connectivity index (χ2n) is 3.89. The molecule has 1 aromatic carbocycles. The van der Waals surface area contributed by atoms with Crippen molar-refractivity contribution in [1.29, 1.82) is 0 Å². The van der Waals surface area contributed by atoms with E-state index in [0.717, 1.165) is 18.9 Å². The van der Waals surface area contributed by atoms with Crippen molar-refractivity contribution < 1.29 is 13.9 Å². The third-order valence-electron chi connectivity index (χ3n) is 2.16. The Morgan fingerprint density at radius 1 is 1.13 bits per heavy atom. The Labute approximate surface area is 88.7 Å². The molecule has 0 spiro atoms. The van der Waals surface area contributed by atoms with Gasteiger partial charge in [-0.15, -0.1) is 0 Å². The first-order valence-corrected chi connectivity index (χ1v) is 5.08. The number of benzene rings is 1. The number of halogens is 2. The second kappa shape index (κ2) is 5.21. The normalized spacial score (nSPS) is 11.7. The van der Waals surface area contributed by atoms with Crippen molar-refractivity contribution in [1.82, 2.24) is 0 Å². The standard InChI is InChI=1S/C12H16F2O/c1-12(13,14)9-11-6-4-10(5-7-11)3-2-8-15/h4-7,15H,2-3,8-9H2,1H3. The first-order chi connectivity index (χ1) is 7.01. The monoisotopic (exact) mass is 214 g/mol. The van der Waals surface area contributed by atoms with Crippen molar-refractivity contribution >= 4 is 0 Å². The highest BCUT2D eigenvalue weighted by atomic mass is 19.3. The van der Waals surface area contributed by atoms with E-state index in [9.17, 15) is 8.78 Å². The van der Waals surface area contributed by atoms with Gasteiger partial charge in [0.1, 0.15) is 0 Å². The number of hydrogen-bond donors (Lipinski definition) is 1. The first kappa shape index (κ1) is 12.1. The Kier molecular flexibility index (Phi) is 4.21. The summed E-state index contributed by atoms with van der Waals surface area (Å²) in [7, 11) is 0. The lowest BCUT2D eigenvalue weighted by molar-refractivity contribution is 0.0226. The molecule has 1 aromatic rings. The molecule has 0 fully saturated rings. The second-order valence-corrected chi connectivity index (χ2v) is 3.89. The summed E-state index contributed by atoms with van der Waals surface area (Å²) < 4.78 is 25.4. The maximum Gasteiger partial charge on any atom is 0.249 e. The summed E-state index contributed by atoms with van der Waals surface area (Å²) in [5, 5.41) is 8.64. The number of aryl methyl sites for hydroxylation is 1. The zero-order valence-corrected chi connectivity index (χ0v) is 8.84. The van der Waals surface area contributed by atoms with E-state index in [1.165, 1.54) is 0 Å². The Hall–Kier alpha value is -0.960. The Morgan fingerprint density at radius 2 is 1.67 bits per heavy atom. The van der Waals surface area contributed by atoms with Gasteiger partial charge in [-0.3, -0.25) is 0 Å². The highest BCUT2D eigenvalue weighted by Gasteiger charge is 2.21. The SMILES string of the molecule is CC(F)(F)Cc1ccc(CCCO)cc1. The summed E-state index contributed by atoms with van der Waals surface area (Å²) in [5.41, 5.74) is 1.72. The summed E-state index contributed by atoms with van der Waals surface area (Å²) in [6.07, 6.45) is 1.29. The molecular formula is C12H16F2O. The smallest absolute Gasteiger partial charge is 0.249 e. The molecule has 0 radical (unpaired) electrons. The Balaban J connectivity index is 2.56. The van der Waals surface area contributed by atoms with E-state index in [1.807, 2.05) is 12.1 Å². The summed E-state index contributed by atoms with van der Waals surface area (Å²) in [6.45, 7) is 1.08. The van der Waals surface area contributed by atoms with Crippen LogP contribution in [-0.4, -0.2) is 17.6 Å². The van der Waals surface area contributed by atoms with E-state index in [0.29, 0.717) is 12.0 Å². The molecule has 0 saturated carbocycles. The minimum atomic E-state index is -2.65. The van der Waals surface area contributed by atoms with Crippen molar-refractivity contribution in [3.8, 4) is 0 Å². The van der Waals surface area contributed by atoms with Gasteiger partial charge >= 0.3 is 0 Å². The van der Waals surface area contributed by atoms with Crippen LogP contribution in [0.1, 0.15) is 24.5 Å². The average Bonchev–Trinajstić information content (AvgIpc) is 2.14. The summed E-state index contributed by atoms with van der Waals surface area (Å²) in [5.74, 6) is -2.65. The highest BCUT2D eigenvalue weighted by molar-refractivity contribution is 5.23. The molecule has 15 heavy (non-hydrogen) atoms. The van der Waals surface area contributed by atoms with E-state index in [2.05, 4.69) is 0 Å². The maximum absolute atomic E-state index is 12.7. The van der Waals surface area contributed by atoms with Gasteiger partial charge in [0.25, 0.3) is 0 Å². The van der Waals surface area contributed by atoms with Gasteiger partial charge in [-0.25, -0.2) is 8.78 Å². The summed E-state index contributed by atoms with van der Waals surface area (Å²) in [4.78, 5) is 0. The fourth-order valence-electron chi connectivity index (χ4n) is 1.47. The average molecular weight is 214 g/mol. The van der Waals surface area contributed by atoms with Gasteiger partial charge in [0.2, 0.25) is 5.92 Å². The van der Waals surface area contributed by atoms with Gasteiger partial charge in [-0.05, 0) is 30.9 Å². The molecule has 0 aromatic heterocycles. The molecule has 1 N–H and O–H groups in total. The topological polar surface area (TPSA) is 20.2 Å². The molecule has 0 unspecified atom stereocenters. The zero-order valence-electron chi connectivity index (χ0n) is 8.84. The molecule has 1 nitrogen and oxygen atoms in total. The third kappa shape index (κ3) is 4.88. The number of rotatable bonds is 5. The zero-order chi connectivity index (χ0) is 11.3. The first-order valence-electron chi connectivity index (χ1n) is 5.08. The number of aliphatic hydroxyl groups is 1. The number of alkyl halides is 2. The molecule has 84 valence electrons. The van der Waals surface area contributed by atoms with Gasteiger partial charge in [0, 0.05) is 13.0 Å².